The summed E-state index contributed by atoms with van der Waals surface area (Å²) in [6, 6.07) is 14.2. The third-order valence-electron chi connectivity index (χ3n) is 4.23. The molecule has 1 fully saturated rings. The summed E-state index contributed by atoms with van der Waals surface area (Å²) < 4.78 is 11.1. The van der Waals surface area contributed by atoms with Crippen molar-refractivity contribution < 1.29 is 14.3 Å². The Balaban J connectivity index is 1.69. The molecular formula is C19H23NO3. The Labute approximate surface area is 137 Å². The van der Waals surface area contributed by atoms with Crippen LogP contribution in [-0.4, -0.2) is 38.4 Å². The molecule has 3 rings (SSSR count). The molecule has 0 radical (unpaired) electrons. The smallest absolute Gasteiger partial charge is 0.252 e. The maximum absolute atomic E-state index is 12.6. The molecule has 4 heteroatoms. The van der Waals surface area contributed by atoms with Crippen LogP contribution >= 0.6 is 0 Å². The summed E-state index contributed by atoms with van der Waals surface area (Å²) in [6.45, 7) is 4.00. The van der Waals surface area contributed by atoms with E-state index in [1.165, 1.54) is 0 Å². The topological polar surface area (TPSA) is 38.8 Å². The average Bonchev–Trinajstić information content (AvgIpc) is 3.09. The van der Waals surface area contributed by atoms with E-state index in [0.717, 1.165) is 35.9 Å². The van der Waals surface area contributed by atoms with Crippen LogP contribution in [0.5, 0.6) is 0 Å². The Hall–Kier alpha value is -1.91. The molecule has 0 spiro atoms. The third kappa shape index (κ3) is 3.71. The van der Waals surface area contributed by atoms with Gasteiger partial charge in [0.1, 0.15) is 6.61 Å². The highest BCUT2D eigenvalue weighted by Gasteiger charge is 2.19. The van der Waals surface area contributed by atoms with Gasteiger partial charge in [-0.2, -0.15) is 0 Å². The zero-order chi connectivity index (χ0) is 16.1. The van der Waals surface area contributed by atoms with Crippen molar-refractivity contribution in [3.63, 3.8) is 0 Å². The first kappa shape index (κ1) is 16.0. The number of anilines is 1. The number of rotatable bonds is 6. The number of ether oxygens (including phenoxy) is 2. The molecule has 1 amide bonds. The Morgan fingerprint density at radius 3 is 2.87 bits per heavy atom. The summed E-state index contributed by atoms with van der Waals surface area (Å²) in [5.41, 5.74) is 0.941. The van der Waals surface area contributed by atoms with E-state index < -0.39 is 0 Å². The van der Waals surface area contributed by atoms with E-state index in [2.05, 4.69) is 12.1 Å². The lowest BCUT2D eigenvalue weighted by Crippen LogP contribution is -2.34. The Morgan fingerprint density at radius 2 is 2.09 bits per heavy atom. The minimum absolute atomic E-state index is 0.0122. The molecule has 0 bridgehead atoms. The van der Waals surface area contributed by atoms with Gasteiger partial charge in [0, 0.05) is 18.5 Å². The maximum Gasteiger partial charge on any atom is 0.252 e. The lowest BCUT2D eigenvalue weighted by molar-refractivity contribution is -0.124. The van der Waals surface area contributed by atoms with Gasteiger partial charge in [0.05, 0.1) is 18.4 Å². The molecule has 1 saturated heterocycles. The molecule has 0 aromatic heterocycles. The van der Waals surface area contributed by atoms with Crippen molar-refractivity contribution in [2.75, 3.05) is 31.3 Å². The molecule has 0 saturated carbocycles. The molecule has 122 valence electrons. The zero-order valence-electron chi connectivity index (χ0n) is 13.5. The van der Waals surface area contributed by atoms with Crippen LogP contribution in [0, 0.1) is 0 Å². The van der Waals surface area contributed by atoms with Gasteiger partial charge in [0.15, 0.2) is 0 Å². The number of likely N-dealkylation sites (N-methyl/N-ethyl adjacent to an activating group) is 1. The predicted molar refractivity (Wildman–Crippen MR) is 91.8 cm³/mol. The number of fused-ring (bicyclic) bond motifs is 1. The fourth-order valence-electron chi connectivity index (χ4n) is 3.06. The molecule has 0 aliphatic carbocycles. The fourth-order valence-corrected chi connectivity index (χ4v) is 3.06. The highest BCUT2D eigenvalue weighted by atomic mass is 16.5. The second-order valence-electron chi connectivity index (χ2n) is 5.79. The lowest BCUT2D eigenvalue weighted by atomic mass is 10.1. The van der Waals surface area contributed by atoms with Crippen LogP contribution in [0.2, 0.25) is 0 Å². The van der Waals surface area contributed by atoms with Crippen LogP contribution in [0.3, 0.4) is 0 Å². The number of nitrogens with zero attached hydrogens (tertiary/aromatic N) is 1. The minimum Gasteiger partial charge on any atom is -0.376 e. The highest BCUT2D eigenvalue weighted by molar-refractivity contribution is 6.04. The highest BCUT2D eigenvalue weighted by Crippen LogP contribution is 2.26. The monoisotopic (exact) mass is 313 g/mol. The largest absolute Gasteiger partial charge is 0.376 e. The molecule has 2 aromatic carbocycles. The van der Waals surface area contributed by atoms with Gasteiger partial charge in [-0.05, 0) is 31.2 Å². The number of benzene rings is 2. The van der Waals surface area contributed by atoms with Crippen molar-refractivity contribution in [1.29, 1.82) is 0 Å². The standard InChI is InChI=1S/C19H23NO3/c1-2-20(19(21)14-22-13-16-9-6-12-23-16)18-11-5-8-15-7-3-4-10-17(15)18/h3-5,7-8,10-11,16H,2,6,9,12-14H2,1H3. The molecule has 23 heavy (non-hydrogen) atoms. The van der Waals surface area contributed by atoms with E-state index >= 15 is 0 Å². The summed E-state index contributed by atoms with van der Waals surface area (Å²) in [4.78, 5) is 14.3. The molecule has 1 heterocycles. The van der Waals surface area contributed by atoms with Crippen molar-refractivity contribution in [3.05, 3.63) is 42.5 Å². The Bertz CT molecular complexity index is 659. The first-order valence-electron chi connectivity index (χ1n) is 8.27. The van der Waals surface area contributed by atoms with Crippen LogP contribution in [0.1, 0.15) is 19.8 Å². The number of hydrogen-bond acceptors (Lipinski definition) is 3. The Morgan fingerprint density at radius 1 is 1.26 bits per heavy atom. The molecule has 0 N–H and O–H groups in total. The van der Waals surface area contributed by atoms with E-state index in [0.29, 0.717) is 13.2 Å². The van der Waals surface area contributed by atoms with Gasteiger partial charge >= 0.3 is 0 Å². The SMILES string of the molecule is CCN(C(=O)COCC1CCCO1)c1cccc2ccccc12. The van der Waals surface area contributed by atoms with Crippen LogP contribution in [-0.2, 0) is 14.3 Å². The van der Waals surface area contributed by atoms with Crippen molar-refractivity contribution >= 4 is 22.4 Å². The zero-order valence-corrected chi connectivity index (χ0v) is 13.5. The van der Waals surface area contributed by atoms with Crippen molar-refractivity contribution in [3.8, 4) is 0 Å². The van der Waals surface area contributed by atoms with Gasteiger partial charge < -0.3 is 14.4 Å². The predicted octanol–water partition coefficient (Wildman–Crippen LogP) is 3.39. The minimum atomic E-state index is -0.0122. The van der Waals surface area contributed by atoms with Gasteiger partial charge in [-0.15, -0.1) is 0 Å². The van der Waals surface area contributed by atoms with E-state index in [1.807, 2.05) is 37.3 Å². The van der Waals surface area contributed by atoms with Crippen LogP contribution in [0.15, 0.2) is 42.5 Å². The van der Waals surface area contributed by atoms with Gasteiger partial charge in [0.2, 0.25) is 0 Å². The summed E-state index contributed by atoms with van der Waals surface area (Å²) in [6.07, 6.45) is 2.25. The van der Waals surface area contributed by atoms with Crippen LogP contribution in [0.4, 0.5) is 5.69 Å². The van der Waals surface area contributed by atoms with Gasteiger partial charge in [-0.1, -0.05) is 36.4 Å². The summed E-state index contributed by atoms with van der Waals surface area (Å²) in [5.74, 6) is -0.0122. The van der Waals surface area contributed by atoms with E-state index in [1.54, 1.807) is 4.90 Å². The van der Waals surface area contributed by atoms with E-state index in [9.17, 15) is 4.79 Å². The van der Waals surface area contributed by atoms with Crippen LogP contribution in [0.25, 0.3) is 10.8 Å². The second-order valence-corrected chi connectivity index (χ2v) is 5.79. The first-order valence-corrected chi connectivity index (χ1v) is 8.27. The van der Waals surface area contributed by atoms with Gasteiger partial charge in [-0.25, -0.2) is 0 Å². The lowest BCUT2D eigenvalue weighted by Gasteiger charge is -2.23. The fraction of sp³-hybridized carbons (Fsp3) is 0.421. The number of carbonyl (C=O) groups is 1. The molecule has 1 unspecified atom stereocenters. The van der Waals surface area contributed by atoms with Crippen molar-refractivity contribution in [2.24, 2.45) is 0 Å². The normalized spacial score (nSPS) is 17.5. The number of hydrogen-bond donors (Lipinski definition) is 0. The summed E-state index contributed by atoms with van der Waals surface area (Å²) in [5, 5.41) is 2.22. The number of amides is 1. The second kappa shape index (κ2) is 7.57. The Kier molecular flexibility index (Phi) is 5.26. The quantitative estimate of drug-likeness (QED) is 0.820. The summed E-state index contributed by atoms with van der Waals surface area (Å²) in [7, 11) is 0. The molecule has 1 atom stereocenters. The first-order chi connectivity index (χ1) is 11.3. The van der Waals surface area contributed by atoms with E-state index in [4.69, 9.17) is 9.47 Å². The molecule has 1 aliphatic heterocycles. The van der Waals surface area contributed by atoms with Gasteiger partial charge in [0.25, 0.3) is 5.91 Å². The molecular weight excluding hydrogens is 290 g/mol. The van der Waals surface area contributed by atoms with Crippen molar-refractivity contribution in [1.82, 2.24) is 0 Å². The number of carbonyl (C=O) groups excluding carboxylic acids is 1. The molecule has 4 nitrogen and oxygen atoms in total. The molecule has 2 aromatic rings. The van der Waals surface area contributed by atoms with Crippen molar-refractivity contribution in [2.45, 2.75) is 25.9 Å². The van der Waals surface area contributed by atoms with Crippen LogP contribution < -0.4 is 4.90 Å². The average molecular weight is 313 g/mol. The maximum atomic E-state index is 12.6. The summed E-state index contributed by atoms with van der Waals surface area (Å²) >= 11 is 0. The molecule has 1 aliphatic rings. The van der Waals surface area contributed by atoms with E-state index in [-0.39, 0.29) is 18.6 Å². The third-order valence-corrected chi connectivity index (χ3v) is 4.23. The van der Waals surface area contributed by atoms with Gasteiger partial charge in [-0.3, -0.25) is 4.79 Å².